The van der Waals surface area contributed by atoms with Crippen LogP contribution in [0.1, 0.15) is 38.5 Å². The third kappa shape index (κ3) is 3.58. The van der Waals surface area contributed by atoms with E-state index in [1.807, 2.05) is 0 Å². The van der Waals surface area contributed by atoms with Crippen LogP contribution < -0.4 is 5.73 Å². The lowest BCUT2D eigenvalue weighted by Crippen LogP contribution is -2.44. The van der Waals surface area contributed by atoms with E-state index in [2.05, 4.69) is 0 Å². The molecule has 4 atom stereocenters. The molecule has 0 aromatic heterocycles. The van der Waals surface area contributed by atoms with Crippen LogP contribution in [0.2, 0.25) is 0 Å². The van der Waals surface area contributed by atoms with Gasteiger partial charge in [-0.3, -0.25) is 4.84 Å². The molecule has 1 saturated carbocycles. The minimum Gasteiger partial charge on any atom is -0.443 e. The predicted octanol–water partition coefficient (Wildman–Crippen LogP) is 1.03. The molecule has 2 rings (SSSR count). The molecule has 110 valence electrons. The van der Waals surface area contributed by atoms with Gasteiger partial charge >= 0.3 is 6.09 Å². The van der Waals surface area contributed by atoms with E-state index in [1.165, 1.54) is 12.2 Å². The van der Waals surface area contributed by atoms with Gasteiger partial charge < -0.3 is 15.6 Å². The van der Waals surface area contributed by atoms with Gasteiger partial charge in [0.25, 0.3) is 0 Å². The molecule has 1 saturated heterocycles. The molecule has 2 aliphatic rings. The number of nitrogens with zero attached hydrogens (tertiary/aromatic N) is 1. The molecule has 0 spiro atoms. The Hall–Kier alpha value is -0.850. The van der Waals surface area contributed by atoms with Crippen LogP contribution in [0.3, 0.4) is 0 Å². The highest BCUT2D eigenvalue weighted by Crippen LogP contribution is 2.28. The number of hydrogen-bond acceptors (Lipinski definition) is 5. The van der Waals surface area contributed by atoms with Crippen molar-refractivity contribution in [1.29, 1.82) is 0 Å². The van der Waals surface area contributed by atoms with E-state index in [1.54, 1.807) is 0 Å². The van der Waals surface area contributed by atoms with Crippen LogP contribution in [0.15, 0.2) is 0 Å². The van der Waals surface area contributed by atoms with Crippen LogP contribution in [0.25, 0.3) is 0 Å². The number of ether oxygens (including phenoxy) is 1. The van der Waals surface area contributed by atoms with Crippen molar-refractivity contribution < 1.29 is 19.5 Å². The number of hydrogen-bond donors (Lipinski definition) is 2. The Balaban J connectivity index is 1.68. The Bertz CT molecular complexity index is 313. The molecule has 1 aliphatic carbocycles. The van der Waals surface area contributed by atoms with Gasteiger partial charge in [-0.1, -0.05) is 6.42 Å². The van der Waals surface area contributed by atoms with Crippen LogP contribution in [-0.2, 0) is 9.57 Å². The molecule has 0 aromatic rings. The average molecular weight is 272 g/mol. The maximum Gasteiger partial charge on any atom is 0.434 e. The fourth-order valence-electron chi connectivity index (χ4n) is 3.03. The van der Waals surface area contributed by atoms with Crippen LogP contribution in [-0.4, -0.2) is 48.2 Å². The van der Waals surface area contributed by atoms with Gasteiger partial charge in [0.05, 0.1) is 19.8 Å². The summed E-state index contributed by atoms with van der Waals surface area (Å²) < 4.78 is 5.18. The number of hydroxylamine groups is 2. The normalized spacial score (nSPS) is 35.5. The Labute approximate surface area is 113 Å². The zero-order valence-electron chi connectivity index (χ0n) is 11.5. The summed E-state index contributed by atoms with van der Waals surface area (Å²) in [6.45, 7) is 0.495. The summed E-state index contributed by atoms with van der Waals surface area (Å²) in [5, 5.41) is 11.0. The minimum absolute atomic E-state index is 0.0859. The first-order valence-corrected chi connectivity index (χ1v) is 7.07. The van der Waals surface area contributed by atoms with Crippen molar-refractivity contribution in [3.05, 3.63) is 0 Å². The summed E-state index contributed by atoms with van der Waals surface area (Å²) >= 11 is 0. The molecule has 1 aliphatic heterocycles. The summed E-state index contributed by atoms with van der Waals surface area (Å²) in [4.78, 5) is 16.2. The van der Waals surface area contributed by atoms with Crippen LogP contribution in [0, 0.1) is 5.92 Å². The topological polar surface area (TPSA) is 85.0 Å². The molecular weight excluding hydrogens is 248 g/mol. The predicted molar refractivity (Wildman–Crippen MR) is 69.2 cm³/mol. The molecule has 6 heteroatoms. The van der Waals surface area contributed by atoms with Gasteiger partial charge in [0.15, 0.2) is 0 Å². The highest BCUT2D eigenvalue weighted by molar-refractivity contribution is 5.68. The van der Waals surface area contributed by atoms with Gasteiger partial charge in [0.2, 0.25) is 0 Å². The van der Waals surface area contributed by atoms with Crippen molar-refractivity contribution in [3.63, 3.8) is 0 Å². The van der Waals surface area contributed by atoms with E-state index in [0.29, 0.717) is 12.5 Å². The smallest absolute Gasteiger partial charge is 0.434 e. The molecule has 0 aromatic carbocycles. The van der Waals surface area contributed by atoms with Gasteiger partial charge in [0.1, 0.15) is 6.10 Å². The molecule has 6 nitrogen and oxygen atoms in total. The summed E-state index contributed by atoms with van der Waals surface area (Å²) in [7, 11) is 1.46. The maximum atomic E-state index is 11.3. The zero-order chi connectivity index (χ0) is 13.8. The number of amides is 1. The molecule has 0 bridgehead atoms. The van der Waals surface area contributed by atoms with Crippen molar-refractivity contribution in [3.8, 4) is 0 Å². The SMILES string of the molecule is CON1C[C@@H](CCCC2CCCC(O)C2N)OC1=O. The Morgan fingerprint density at radius 3 is 2.95 bits per heavy atom. The molecule has 2 fully saturated rings. The second-order valence-corrected chi connectivity index (χ2v) is 5.52. The molecule has 19 heavy (non-hydrogen) atoms. The monoisotopic (exact) mass is 272 g/mol. The van der Waals surface area contributed by atoms with Crippen molar-refractivity contribution >= 4 is 6.09 Å². The fraction of sp³-hybridized carbons (Fsp3) is 0.923. The summed E-state index contributed by atoms with van der Waals surface area (Å²) in [5.74, 6) is 0.388. The summed E-state index contributed by atoms with van der Waals surface area (Å²) in [6, 6.07) is -0.102. The molecule has 1 amide bonds. The largest absolute Gasteiger partial charge is 0.443 e. The number of carbonyl (C=O) groups is 1. The van der Waals surface area contributed by atoms with Crippen LogP contribution in [0.5, 0.6) is 0 Å². The van der Waals surface area contributed by atoms with E-state index >= 15 is 0 Å². The number of rotatable bonds is 5. The number of aliphatic hydroxyl groups is 1. The third-order valence-corrected chi connectivity index (χ3v) is 4.23. The Morgan fingerprint density at radius 2 is 2.26 bits per heavy atom. The van der Waals surface area contributed by atoms with E-state index in [-0.39, 0.29) is 18.2 Å². The molecule has 3 unspecified atom stereocenters. The number of aliphatic hydroxyl groups excluding tert-OH is 1. The highest BCUT2D eigenvalue weighted by Gasteiger charge is 2.32. The lowest BCUT2D eigenvalue weighted by Gasteiger charge is -2.33. The van der Waals surface area contributed by atoms with Crippen molar-refractivity contribution in [1.82, 2.24) is 5.06 Å². The third-order valence-electron chi connectivity index (χ3n) is 4.23. The van der Waals surface area contributed by atoms with Gasteiger partial charge in [-0.05, 0) is 38.0 Å². The standard InChI is InChI=1S/C13H24N2O4/c1-18-15-8-10(19-13(15)17)6-2-4-9-5-3-7-11(16)12(9)14/h9-12,16H,2-8,14H2,1H3/t9?,10-,11?,12?/m1/s1. The van der Waals surface area contributed by atoms with Crippen molar-refractivity contribution in [2.75, 3.05) is 13.7 Å². The Kier molecular flexibility index (Phi) is 5.01. The first-order valence-electron chi connectivity index (χ1n) is 7.07. The second-order valence-electron chi connectivity index (χ2n) is 5.52. The molecule has 3 N–H and O–H groups in total. The number of carbonyl (C=O) groups excluding carboxylic acids is 1. The molecule has 0 radical (unpaired) electrons. The lowest BCUT2D eigenvalue weighted by molar-refractivity contribution is -0.0759. The first kappa shape index (κ1) is 14.6. The summed E-state index contributed by atoms with van der Waals surface area (Å²) in [6.07, 6.45) is 4.88. The number of cyclic esters (lactones) is 1. The van der Waals surface area contributed by atoms with E-state index < -0.39 is 6.09 Å². The van der Waals surface area contributed by atoms with Gasteiger partial charge in [-0.25, -0.2) is 4.79 Å². The zero-order valence-corrected chi connectivity index (χ0v) is 11.5. The van der Waals surface area contributed by atoms with Crippen LogP contribution >= 0.6 is 0 Å². The van der Waals surface area contributed by atoms with Gasteiger partial charge in [0, 0.05) is 6.04 Å². The highest BCUT2D eigenvalue weighted by atomic mass is 16.7. The van der Waals surface area contributed by atoms with Crippen LogP contribution in [0.4, 0.5) is 4.79 Å². The van der Waals surface area contributed by atoms with E-state index in [0.717, 1.165) is 38.5 Å². The average Bonchev–Trinajstić information content (AvgIpc) is 2.75. The van der Waals surface area contributed by atoms with Crippen molar-refractivity contribution in [2.45, 2.75) is 56.8 Å². The number of nitrogens with two attached hydrogens (primary N) is 1. The van der Waals surface area contributed by atoms with Gasteiger partial charge in [-0.15, -0.1) is 0 Å². The second kappa shape index (κ2) is 6.54. The van der Waals surface area contributed by atoms with Gasteiger partial charge in [-0.2, -0.15) is 5.06 Å². The van der Waals surface area contributed by atoms with E-state index in [4.69, 9.17) is 15.3 Å². The Morgan fingerprint density at radius 1 is 1.47 bits per heavy atom. The minimum atomic E-state index is -0.405. The van der Waals surface area contributed by atoms with Crippen molar-refractivity contribution in [2.24, 2.45) is 11.7 Å². The fourth-order valence-corrected chi connectivity index (χ4v) is 3.03. The maximum absolute atomic E-state index is 11.3. The quantitative estimate of drug-likeness (QED) is 0.780. The molecular formula is C13H24N2O4. The first-order chi connectivity index (χ1) is 9.11. The summed E-state index contributed by atoms with van der Waals surface area (Å²) in [5.41, 5.74) is 6.02. The lowest BCUT2D eigenvalue weighted by atomic mass is 9.80. The van der Waals surface area contributed by atoms with E-state index in [9.17, 15) is 9.90 Å². The molecule has 1 heterocycles.